The number of carbonyl (C=O) groups excluding carboxylic acids is 1. The van der Waals surface area contributed by atoms with E-state index in [-0.39, 0.29) is 24.1 Å². The average Bonchev–Trinajstić information content (AvgIpc) is 3.06. The highest BCUT2D eigenvalue weighted by Crippen LogP contribution is 2.28. The summed E-state index contributed by atoms with van der Waals surface area (Å²) in [4.78, 5) is 31.7. The van der Waals surface area contributed by atoms with Crippen LogP contribution in [0.3, 0.4) is 0 Å². The topological polar surface area (TPSA) is 85.0 Å². The summed E-state index contributed by atoms with van der Waals surface area (Å²) in [5.74, 6) is -0.145. The largest absolute Gasteiger partial charge is 0.331 e. The van der Waals surface area contributed by atoms with Gasteiger partial charge in [-0.3, -0.25) is 18.8 Å². The van der Waals surface area contributed by atoms with Crippen molar-refractivity contribution in [3.63, 3.8) is 0 Å². The molecule has 0 spiro atoms. The van der Waals surface area contributed by atoms with Crippen molar-refractivity contribution in [1.29, 1.82) is 0 Å². The molecule has 1 unspecified atom stereocenters. The number of benzene rings is 1. The van der Waals surface area contributed by atoms with E-state index in [9.17, 15) is 9.59 Å². The van der Waals surface area contributed by atoms with E-state index in [2.05, 4.69) is 15.4 Å². The van der Waals surface area contributed by atoms with Crippen LogP contribution in [0.4, 0.5) is 0 Å². The van der Waals surface area contributed by atoms with E-state index in [1.165, 1.54) is 21.8 Å². The summed E-state index contributed by atoms with van der Waals surface area (Å²) in [6, 6.07) is 7.34. The summed E-state index contributed by atoms with van der Waals surface area (Å²) >= 11 is 6.34. The summed E-state index contributed by atoms with van der Waals surface area (Å²) in [7, 11) is 1.72. The van der Waals surface area contributed by atoms with Crippen LogP contribution in [0.5, 0.6) is 0 Å². The smallest absolute Gasteiger partial charge is 0.264 e. The number of hydrogen-bond donors (Lipinski definition) is 1. The first-order valence-corrected chi connectivity index (χ1v) is 9.06. The number of fused-ring (bicyclic) bond motifs is 1. The zero-order chi connectivity index (χ0) is 19.0. The van der Waals surface area contributed by atoms with Gasteiger partial charge < -0.3 is 10.2 Å². The molecule has 1 atom stereocenters. The lowest BCUT2D eigenvalue weighted by atomic mass is 10.0. The molecular formula is C18H19ClN6O2. The molecule has 1 aromatic carbocycles. The Balaban J connectivity index is 1.62. The highest BCUT2D eigenvalue weighted by atomic mass is 35.5. The van der Waals surface area contributed by atoms with Crippen LogP contribution < -0.4 is 10.9 Å². The van der Waals surface area contributed by atoms with Gasteiger partial charge >= 0.3 is 0 Å². The number of hydrogen-bond acceptors (Lipinski definition) is 5. The Morgan fingerprint density at radius 2 is 2.19 bits per heavy atom. The lowest BCUT2D eigenvalue weighted by Gasteiger charge is -2.37. The first-order valence-electron chi connectivity index (χ1n) is 8.68. The monoisotopic (exact) mass is 386 g/mol. The molecule has 1 N–H and O–H groups in total. The van der Waals surface area contributed by atoms with E-state index < -0.39 is 0 Å². The molecule has 4 rings (SSSR count). The van der Waals surface area contributed by atoms with Crippen molar-refractivity contribution >= 4 is 28.5 Å². The number of aromatic nitrogens is 4. The van der Waals surface area contributed by atoms with Crippen LogP contribution in [0.15, 0.2) is 41.6 Å². The Bertz CT molecular complexity index is 1060. The lowest BCUT2D eigenvalue weighted by molar-refractivity contribution is -0.135. The van der Waals surface area contributed by atoms with Crippen molar-refractivity contribution in [1.82, 2.24) is 29.5 Å². The van der Waals surface area contributed by atoms with E-state index in [0.29, 0.717) is 35.7 Å². The second-order valence-electron chi connectivity index (χ2n) is 6.51. The third-order valence-electron chi connectivity index (χ3n) is 4.85. The van der Waals surface area contributed by atoms with Gasteiger partial charge in [-0.1, -0.05) is 29.8 Å². The Kier molecular flexibility index (Phi) is 4.67. The van der Waals surface area contributed by atoms with E-state index in [4.69, 9.17) is 11.6 Å². The summed E-state index contributed by atoms with van der Waals surface area (Å²) in [5, 5.41) is 8.38. The summed E-state index contributed by atoms with van der Waals surface area (Å²) in [5.41, 5.74) is 1.12. The summed E-state index contributed by atoms with van der Waals surface area (Å²) < 4.78 is 2.87. The van der Waals surface area contributed by atoms with Gasteiger partial charge in [-0.25, -0.2) is 4.98 Å². The maximum atomic E-state index is 13.0. The van der Waals surface area contributed by atoms with Crippen molar-refractivity contribution < 1.29 is 4.79 Å². The fourth-order valence-corrected chi connectivity index (χ4v) is 3.70. The fraction of sp³-hybridized carbons (Fsp3) is 0.333. The minimum atomic E-state index is -0.272. The third-order valence-corrected chi connectivity index (χ3v) is 5.20. The number of halogens is 1. The number of aryl methyl sites for hydroxylation is 1. The molecule has 1 fully saturated rings. The molecule has 140 valence electrons. The molecule has 3 heterocycles. The number of rotatable bonds is 3. The second-order valence-corrected chi connectivity index (χ2v) is 6.92. The summed E-state index contributed by atoms with van der Waals surface area (Å²) in [6.45, 7) is 1.79. The molecule has 3 aromatic rings. The number of piperazine rings is 1. The number of carbonyl (C=O) groups is 1. The Morgan fingerprint density at radius 3 is 3.00 bits per heavy atom. The molecular weight excluding hydrogens is 368 g/mol. The van der Waals surface area contributed by atoms with Crippen LogP contribution in [0.2, 0.25) is 5.02 Å². The number of nitrogens with zero attached hydrogens (tertiary/aromatic N) is 5. The van der Waals surface area contributed by atoms with Gasteiger partial charge in [-0.2, -0.15) is 5.10 Å². The fourth-order valence-electron chi connectivity index (χ4n) is 3.44. The van der Waals surface area contributed by atoms with E-state index in [0.717, 1.165) is 5.56 Å². The van der Waals surface area contributed by atoms with Crippen molar-refractivity contribution in [3.8, 4) is 0 Å². The van der Waals surface area contributed by atoms with Crippen molar-refractivity contribution in [3.05, 3.63) is 57.7 Å². The maximum Gasteiger partial charge on any atom is 0.264 e. The van der Waals surface area contributed by atoms with E-state index >= 15 is 0 Å². The van der Waals surface area contributed by atoms with Crippen molar-refractivity contribution in [2.75, 3.05) is 19.6 Å². The maximum absolute atomic E-state index is 13.0. The Morgan fingerprint density at radius 1 is 1.37 bits per heavy atom. The minimum Gasteiger partial charge on any atom is -0.331 e. The lowest BCUT2D eigenvalue weighted by Crippen LogP contribution is -2.50. The van der Waals surface area contributed by atoms with Gasteiger partial charge in [-0.05, 0) is 11.6 Å². The van der Waals surface area contributed by atoms with Gasteiger partial charge in [-0.15, -0.1) is 0 Å². The molecule has 1 aliphatic heterocycles. The van der Waals surface area contributed by atoms with Crippen LogP contribution >= 0.6 is 11.6 Å². The first kappa shape index (κ1) is 17.7. The highest BCUT2D eigenvalue weighted by Gasteiger charge is 2.29. The van der Waals surface area contributed by atoms with Gasteiger partial charge in [0.05, 0.1) is 12.2 Å². The third kappa shape index (κ3) is 3.22. The molecule has 1 amide bonds. The Labute approximate surface area is 160 Å². The highest BCUT2D eigenvalue weighted by molar-refractivity contribution is 6.31. The normalized spacial score (nSPS) is 17.4. The minimum absolute atomic E-state index is 0.0718. The SMILES string of the molecule is Cn1ncc2c(=O)n(CC(=O)N3CCNCC3c3ccccc3Cl)cnc21. The molecule has 0 bridgehead atoms. The molecule has 8 nitrogen and oxygen atoms in total. The van der Waals surface area contributed by atoms with Gasteiger partial charge in [0.15, 0.2) is 5.65 Å². The average molecular weight is 387 g/mol. The van der Waals surface area contributed by atoms with Crippen molar-refractivity contribution in [2.24, 2.45) is 7.05 Å². The van der Waals surface area contributed by atoms with Crippen molar-refractivity contribution in [2.45, 2.75) is 12.6 Å². The standard InChI is InChI=1S/C18H19ClN6O2/c1-23-17-13(8-22-23)18(27)24(11-21-17)10-16(26)25-7-6-20-9-15(25)12-4-2-3-5-14(12)19/h2-5,8,11,15,20H,6-7,9-10H2,1H3. The van der Waals surface area contributed by atoms with Crippen LogP contribution in [0.1, 0.15) is 11.6 Å². The van der Waals surface area contributed by atoms with Crippen LogP contribution in [-0.4, -0.2) is 49.8 Å². The molecule has 0 saturated carbocycles. The molecule has 27 heavy (non-hydrogen) atoms. The van der Waals surface area contributed by atoms with Gasteiger partial charge in [0.2, 0.25) is 5.91 Å². The van der Waals surface area contributed by atoms with Crippen LogP contribution in [0, 0.1) is 0 Å². The van der Waals surface area contributed by atoms with E-state index in [1.54, 1.807) is 11.9 Å². The van der Waals surface area contributed by atoms with E-state index in [1.807, 2.05) is 24.3 Å². The number of nitrogens with one attached hydrogen (secondary N) is 1. The second kappa shape index (κ2) is 7.13. The molecule has 1 saturated heterocycles. The summed E-state index contributed by atoms with van der Waals surface area (Å²) in [6.07, 6.45) is 2.87. The molecule has 0 aliphatic carbocycles. The number of amides is 1. The first-order chi connectivity index (χ1) is 13.1. The van der Waals surface area contributed by atoms with Crippen LogP contribution in [-0.2, 0) is 18.4 Å². The van der Waals surface area contributed by atoms with Gasteiger partial charge in [0.1, 0.15) is 18.3 Å². The zero-order valence-electron chi connectivity index (χ0n) is 14.8. The van der Waals surface area contributed by atoms with Gasteiger partial charge in [0.25, 0.3) is 5.56 Å². The Hall–Kier alpha value is -2.71. The predicted molar refractivity (Wildman–Crippen MR) is 102 cm³/mol. The quantitative estimate of drug-likeness (QED) is 0.724. The van der Waals surface area contributed by atoms with Crippen LogP contribution in [0.25, 0.3) is 11.0 Å². The molecule has 9 heteroatoms. The molecule has 0 radical (unpaired) electrons. The van der Waals surface area contributed by atoms with Gasteiger partial charge in [0, 0.05) is 31.7 Å². The molecule has 1 aliphatic rings. The predicted octanol–water partition coefficient (Wildman–Crippen LogP) is 0.957. The molecule has 2 aromatic heterocycles. The zero-order valence-corrected chi connectivity index (χ0v) is 15.6.